The quantitative estimate of drug-likeness (QED) is 0.598. The van der Waals surface area contributed by atoms with Crippen LogP contribution in [0.2, 0.25) is 10.0 Å². The lowest BCUT2D eigenvalue weighted by Crippen LogP contribution is -2.23. The third-order valence-corrected chi connectivity index (χ3v) is 4.96. The van der Waals surface area contributed by atoms with E-state index in [9.17, 15) is 0 Å². The van der Waals surface area contributed by atoms with Gasteiger partial charge in [0.05, 0.1) is 10.0 Å². The second-order valence-electron chi connectivity index (χ2n) is 6.28. The maximum atomic E-state index is 6.33. The van der Waals surface area contributed by atoms with Crippen molar-refractivity contribution in [3.63, 3.8) is 0 Å². The average molecular weight is 402 g/mol. The molecule has 0 unspecified atom stereocenters. The van der Waals surface area contributed by atoms with Gasteiger partial charge in [-0.3, -0.25) is 14.9 Å². The van der Waals surface area contributed by atoms with E-state index >= 15 is 0 Å². The normalized spacial score (nSPS) is 12.6. The van der Waals surface area contributed by atoms with E-state index < -0.39 is 0 Å². The van der Waals surface area contributed by atoms with E-state index in [0.29, 0.717) is 29.7 Å². The van der Waals surface area contributed by atoms with Crippen LogP contribution in [0.15, 0.2) is 55.1 Å². The summed E-state index contributed by atoms with van der Waals surface area (Å²) in [6.45, 7) is 2.25. The van der Waals surface area contributed by atoms with Gasteiger partial charge in [0.2, 0.25) is 6.79 Å². The van der Waals surface area contributed by atoms with Crippen LogP contribution in [0, 0.1) is 0 Å². The van der Waals surface area contributed by atoms with Crippen LogP contribution in [0.1, 0.15) is 16.7 Å². The summed E-state index contributed by atoms with van der Waals surface area (Å²) < 4.78 is 10.9. The molecule has 0 saturated carbocycles. The summed E-state index contributed by atoms with van der Waals surface area (Å²) in [6.07, 6.45) is 6.86. The van der Waals surface area contributed by atoms with Crippen LogP contribution in [0.5, 0.6) is 11.5 Å². The van der Waals surface area contributed by atoms with E-state index in [-0.39, 0.29) is 6.79 Å². The summed E-state index contributed by atoms with van der Waals surface area (Å²) in [5, 5.41) is 1.12. The Balaban J connectivity index is 1.59. The summed E-state index contributed by atoms with van der Waals surface area (Å²) in [6, 6.07) is 9.97. The lowest BCUT2D eigenvalue weighted by molar-refractivity contribution is 0.174. The molecular formula is C20H17Cl2N3O2. The number of rotatable bonds is 6. The van der Waals surface area contributed by atoms with Gasteiger partial charge in [-0.2, -0.15) is 0 Å². The van der Waals surface area contributed by atoms with E-state index in [2.05, 4.69) is 20.9 Å². The van der Waals surface area contributed by atoms with E-state index in [1.54, 1.807) is 18.6 Å². The Labute approximate surface area is 167 Å². The van der Waals surface area contributed by atoms with Crippen molar-refractivity contribution in [2.75, 3.05) is 6.79 Å². The van der Waals surface area contributed by atoms with Crippen molar-refractivity contribution in [1.29, 1.82) is 0 Å². The fourth-order valence-electron chi connectivity index (χ4n) is 3.03. The van der Waals surface area contributed by atoms with E-state index in [4.69, 9.17) is 32.7 Å². The van der Waals surface area contributed by atoms with Gasteiger partial charge < -0.3 is 9.47 Å². The fourth-order valence-corrected chi connectivity index (χ4v) is 3.51. The number of nitrogens with zero attached hydrogens (tertiary/aromatic N) is 3. The van der Waals surface area contributed by atoms with Crippen LogP contribution in [-0.2, 0) is 19.6 Å². The fraction of sp³-hybridized carbons (Fsp3) is 0.200. The van der Waals surface area contributed by atoms with Crippen molar-refractivity contribution in [3.05, 3.63) is 81.9 Å². The second-order valence-corrected chi connectivity index (χ2v) is 7.09. The highest BCUT2D eigenvalue weighted by atomic mass is 35.5. The van der Waals surface area contributed by atoms with E-state index in [1.165, 1.54) is 0 Å². The van der Waals surface area contributed by atoms with Gasteiger partial charge in [-0.05, 0) is 29.3 Å². The minimum Gasteiger partial charge on any atom is -0.454 e. The van der Waals surface area contributed by atoms with Gasteiger partial charge >= 0.3 is 0 Å². The van der Waals surface area contributed by atoms with Crippen LogP contribution in [0.25, 0.3) is 0 Å². The molecule has 0 radical (unpaired) electrons. The zero-order valence-electron chi connectivity index (χ0n) is 14.4. The minimum absolute atomic E-state index is 0.264. The van der Waals surface area contributed by atoms with E-state index in [0.717, 1.165) is 28.2 Å². The summed E-state index contributed by atoms with van der Waals surface area (Å²) in [7, 11) is 0. The first-order valence-electron chi connectivity index (χ1n) is 8.47. The summed E-state index contributed by atoms with van der Waals surface area (Å²) >= 11 is 12.7. The molecule has 0 atom stereocenters. The molecule has 1 aromatic carbocycles. The summed E-state index contributed by atoms with van der Waals surface area (Å²) in [4.78, 5) is 10.5. The molecule has 138 valence electrons. The van der Waals surface area contributed by atoms with Crippen molar-refractivity contribution < 1.29 is 9.47 Å². The summed E-state index contributed by atoms with van der Waals surface area (Å²) in [5.74, 6) is 1.55. The van der Waals surface area contributed by atoms with Crippen LogP contribution in [0.3, 0.4) is 0 Å². The molecular weight excluding hydrogens is 385 g/mol. The van der Waals surface area contributed by atoms with Crippen molar-refractivity contribution in [3.8, 4) is 11.5 Å². The van der Waals surface area contributed by atoms with Gasteiger partial charge in [0.25, 0.3) is 0 Å². The first-order valence-corrected chi connectivity index (χ1v) is 9.22. The molecule has 0 spiro atoms. The molecule has 0 aliphatic carbocycles. The van der Waals surface area contributed by atoms with Crippen molar-refractivity contribution >= 4 is 23.2 Å². The maximum Gasteiger partial charge on any atom is 0.231 e. The molecule has 0 fully saturated rings. The van der Waals surface area contributed by atoms with Gasteiger partial charge in [-0.1, -0.05) is 35.3 Å². The number of hydrogen-bond acceptors (Lipinski definition) is 5. The number of benzene rings is 1. The third-order valence-electron chi connectivity index (χ3n) is 4.31. The molecule has 5 nitrogen and oxygen atoms in total. The smallest absolute Gasteiger partial charge is 0.231 e. The van der Waals surface area contributed by atoms with Crippen LogP contribution in [-0.4, -0.2) is 21.7 Å². The molecule has 1 aliphatic heterocycles. The number of halogens is 2. The minimum atomic E-state index is 0.264. The van der Waals surface area contributed by atoms with Crippen molar-refractivity contribution in [2.45, 2.75) is 19.6 Å². The highest BCUT2D eigenvalue weighted by molar-refractivity contribution is 6.35. The first kappa shape index (κ1) is 18.0. The highest BCUT2D eigenvalue weighted by Gasteiger charge is 2.17. The van der Waals surface area contributed by atoms with Crippen LogP contribution >= 0.6 is 23.2 Å². The van der Waals surface area contributed by atoms with Gasteiger partial charge in [-0.15, -0.1) is 0 Å². The van der Waals surface area contributed by atoms with Crippen molar-refractivity contribution in [2.24, 2.45) is 0 Å². The average Bonchev–Trinajstić information content (AvgIpc) is 3.13. The lowest BCUT2D eigenvalue weighted by Gasteiger charge is -2.23. The Kier molecular flexibility index (Phi) is 5.43. The Morgan fingerprint density at radius 1 is 0.852 bits per heavy atom. The molecule has 3 aromatic rings. The Hall–Kier alpha value is -2.34. The van der Waals surface area contributed by atoms with Gasteiger partial charge in [-0.25, -0.2) is 0 Å². The molecule has 4 rings (SSSR count). The molecule has 0 bridgehead atoms. The Bertz CT molecular complexity index is 918. The number of aromatic nitrogens is 2. The zero-order chi connectivity index (χ0) is 18.6. The first-order chi connectivity index (χ1) is 13.2. The molecule has 0 amide bonds. The van der Waals surface area contributed by atoms with Gasteiger partial charge in [0.15, 0.2) is 11.5 Å². The van der Waals surface area contributed by atoms with Crippen molar-refractivity contribution in [1.82, 2.24) is 14.9 Å². The largest absolute Gasteiger partial charge is 0.454 e. The Morgan fingerprint density at radius 3 is 2.41 bits per heavy atom. The Morgan fingerprint density at radius 2 is 1.63 bits per heavy atom. The van der Waals surface area contributed by atoms with Crippen LogP contribution in [0.4, 0.5) is 0 Å². The van der Waals surface area contributed by atoms with E-state index in [1.807, 2.05) is 30.5 Å². The molecule has 0 N–H and O–H groups in total. The third kappa shape index (κ3) is 4.33. The highest BCUT2D eigenvalue weighted by Crippen LogP contribution is 2.33. The monoisotopic (exact) mass is 401 g/mol. The predicted molar refractivity (Wildman–Crippen MR) is 104 cm³/mol. The molecule has 7 heteroatoms. The number of pyridine rings is 2. The molecule has 1 aliphatic rings. The van der Waals surface area contributed by atoms with Gasteiger partial charge in [0.1, 0.15) is 0 Å². The number of fused-ring (bicyclic) bond motifs is 1. The summed E-state index contributed by atoms with van der Waals surface area (Å²) in [5.41, 5.74) is 3.09. The maximum absolute atomic E-state index is 6.33. The predicted octanol–water partition coefficient (Wildman–Crippen LogP) is 4.71. The molecule has 2 aromatic heterocycles. The number of hydrogen-bond donors (Lipinski definition) is 0. The molecule has 0 saturated heterocycles. The van der Waals surface area contributed by atoms with Crippen LogP contribution < -0.4 is 9.47 Å². The topological polar surface area (TPSA) is 47.5 Å². The number of ether oxygens (including phenoxy) is 2. The SMILES string of the molecule is Clc1cncc(Cl)c1CN(Cc1cccnc1)Cc1ccc2c(c1)OCO2. The lowest BCUT2D eigenvalue weighted by atomic mass is 10.1. The zero-order valence-corrected chi connectivity index (χ0v) is 16.0. The standard InChI is InChI=1S/C20H17Cl2N3O2/c21-17-8-24-9-18(22)16(17)12-25(11-15-2-1-5-23-7-15)10-14-3-4-19-20(6-14)27-13-26-19/h1-9H,10-13H2. The molecule has 3 heterocycles. The molecule has 27 heavy (non-hydrogen) atoms. The second kappa shape index (κ2) is 8.13. The van der Waals surface area contributed by atoms with Gasteiger partial charge in [0, 0.05) is 50.0 Å².